The van der Waals surface area contributed by atoms with Gasteiger partial charge in [-0.3, -0.25) is 0 Å². The largest absolute Gasteiger partial charge is 0.489 e. The van der Waals surface area contributed by atoms with E-state index in [9.17, 15) is 0 Å². The number of benzene rings is 2. The van der Waals surface area contributed by atoms with E-state index in [0.29, 0.717) is 12.5 Å². The number of hydrogen-bond donors (Lipinski definition) is 0. The summed E-state index contributed by atoms with van der Waals surface area (Å²) in [5.41, 5.74) is 3.65. The molecule has 0 N–H and O–H groups in total. The lowest BCUT2D eigenvalue weighted by molar-refractivity contribution is 0.00522. The van der Waals surface area contributed by atoms with Gasteiger partial charge in [-0.15, -0.1) is 11.8 Å². The highest BCUT2D eigenvalue weighted by molar-refractivity contribution is 8.00. The van der Waals surface area contributed by atoms with E-state index < -0.39 is 5.91 Å². The van der Waals surface area contributed by atoms with E-state index in [1.807, 2.05) is 18.2 Å². The van der Waals surface area contributed by atoms with Crippen molar-refractivity contribution in [2.75, 3.05) is 5.91 Å². The molecule has 2 nitrogen and oxygen atoms in total. The Morgan fingerprint density at radius 2 is 2.04 bits per heavy atom. The Bertz CT molecular complexity index is 747. The molecule has 0 spiro atoms. The molecule has 1 aliphatic carbocycles. The van der Waals surface area contributed by atoms with Crippen molar-refractivity contribution in [2.24, 2.45) is 5.92 Å². The van der Waals surface area contributed by atoms with Crippen LogP contribution in [0, 0.1) is 5.92 Å². The van der Waals surface area contributed by atoms with Crippen molar-refractivity contribution in [3.8, 4) is 5.75 Å². The molecule has 0 bridgehead atoms. The molecule has 2 aliphatic rings. The van der Waals surface area contributed by atoms with Gasteiger partial charge in [0.1, 0.15) is 12.4 Å². The van der Waals surface area contributed by atoms with Gasteiger partial charge < -0.3 is 9.47 Å². The van der Waals surface area contributed by atoms with Crippen LogP contribution in [0.5, 0.6) is 5.75 Å². The van der Waals surface area contributed by atoms with Crippen molar-refractivity contribution < 1.29 is 10.8 Å². The molecular formula is C21H24O2S. The van der Waals surface area contributed by atoms with E-state index >= 15 is 0 Å². The highest BCUT2D eigenvalue weighted by Gasteiger charge is 2.44. The summed E-state index contributed by atoms with van der Waals surface area (Å²) in [4.78, 5) is 0. The lowest BCUT2D eigenvalue weighted by Gasteiger charge is -2.46. The topological polar surface area (TPSA) is 18.5 Å². The zero-order valence-electron chi connectivity index (χ0n) is 15.2. The molecule has 1 saturated heterocycles. The third kappa shape index (κ3) is 2.96. The Labute approximate surface area is 150 Å². The second-order valence-electron chi connectivity index (χ2n) is 7.12. The third-order valence-corrected chi connectivity index (χ3v) is 6.35. The van der Waals surface area contributed by atoms with Crippen LogP contribution in [0.1, 0.15) is 44.4 Å². The first-order valence-corrected chi connectivity index (χ1v) is 9.46. The van der Waals surface area contributed by atoms with Crippen molar-refractivity contribution in [3.05, 3.63) is 65.2 Å². The first-order chi connectivity index (χ1) is 12.0. The SMILES string of the molecule is [2H][C@@H]1O[C@@H]2c3cccc(OCc4ccccc4)c3CC[C@@H]2C(C)(C)S1. The number of rotatable bonds is 3. The van der Waals surface area contributed by atoms with E-state index in [-0.39, 0.29) is 10.9 Å². The van der Waals surface area contributed by atoms with E-state index in [1.54, 1.807) is 11.8 Å². The van der Waals surface area contributed by atoms with E-state index in [0.717, 1.165) is 18.6 Å². The normalized spacial score (nSPS) is 28.4. The summed E-state index contributed by atoms with van der Waals surface area (Å²) in [6.07, 6.45) is 2.09. The van der Waals surface area contributed by atoms with Crippen molar-refractivity contribution in [1.29, 1.82) is 0 Å². The van der Waals surface area contributed by atoms with Gasteiger partial charge in [-0.05, 0) is 35.6 Å². The van der Waals surface area contributed by atoms with E-state index in [4.69, 9.17) is 10.8 Å². The maximum Gasteiger partial charge on any atom is 0.123 e. The van der Waals surface area contributed by atoms with Crippen LogP contribution >= 0.6 is 11.8 Å². The van der Waals surface area contributed by atoms with Crippen LogP contribution in [-0.4, -0.2) is 10.7 Å². The molecule has 0 radical (unpaired) electrons. The van der Waals surface area contributed by atoms with Gasteiger partial charge in [-0.25, -0.2) is 0 Å². The van der Waals surface area contributed by atoms with Gasteiger partial charge in [0.25, 0.3) is 0 Å². The van der Waals surface area contributed by atoms with Crippen LogP contribution < -0.4 is 4.74 Å². The molecule has 0 amide bonds. The van der Waals surface area contributed by atoms with Crippen molar-refractivity contribution >= 4 is 11.8 Å². The lowest BCUT2D eigenvalue weighted by atomic mass is 9.75. The molecule has 24 heavy (non-hydrogen) atoms. The maximum atomic E-state index is 8.15. The van der Waals surface area contributed by atoms with Gasteiger partial charge in [-0.2, -0.15) is 0 Å². The Kier molecular flexibility index (Phi) is 4.00. The van der Waals surface area contributed by atoms with Crippen LogP contribution in [0.3, 0.4) is 0 Å². The van der Waals surface area contributed by atoms with Crippen molar-refractivity contribution in [1.82, 2.24) is 0 Å². The molecule has 2 aromatic rings. The minimum Gasteiger partial charge on any atom is -0.489 e. The van der Waals surface area contributed by atoms with Gasteiger partial charge in [0.2, 0.25) is 0 Å². The average molecular weight is 341 g/mol. The maximum absolute atomic E-state index is 8.15. The van der Waals surface area contributed by atoms with Gasteiger partial charge in [0.15, 0.2) is 0 Å². The smallest absolute Gasteiger partial charge is 0.123 e. The molecule has 4 rings (SSSR count). The summed E-state index contributed by atoms with van der Waals surface area (Å²) in [6, 6.07) is 16.5. The fourth-order valence-corrected chi connectivity index (χ4v) is 4.67. The van der Waals surface area contributed by atoms with E-state index in [1.165, 1.54) is 16.7 Å². The fraction of sp³-hybridized carbons (Fsp3) is 0.429. The van der Waals surface area contributed by atoms with Crippen molar-refractivity contribution in [3.63, 3.8) is 0 Å². The fourth-order valence-electron chi connectivity index (χ4n) is 3.83. The average Bonchev–Trinajstić information content (AvgIpc) is 2.59. The highest BCUT2D eigenvalue weighted by atomic mass is 32.2. The van der Waals surface area contributed by atoms with Crippen LogP contribution in [0.2, 0.25) is 0 Å². The summed E-state index contributed by atoms with van der Waals surface area (Å²) in [6.45, 7) is 5.08. The summed E-state index contributed by atoms with van der Waals surface area (Å²) in [7, 11) is 0. The van der Waals surface area contributed by atoms with Crippen LogP contribution in [-0.2, 0) is 17.8 Å². The van der Waals surface area contributed by atoms with Crippen LogP contribution in [0.15, 0.2) is 48.5 Å². The number of hydrogen-bond acceptors (Lipinski definition) is 3. The Hall–Kier alpha value is -1.45. The first-order valence-electron chi connectivity index (χ1n) is 9.16. The monoisotopic (exact) mass is 341 g/mol. The standard InChI is InChI=1S/C21H24O2S/c1-21(2)18-12-11-16-17(20(18)23-14-24-21)9-6-10-19(16)22-13-15-7-4-3-5-8-15/h3-10,18,20H,11-14H2,1-2H3/t18-,20+/m0/s1/i14D/t14-,18+,20-/m1. The molecule has 3 heteroatoms. The summed E-state index contributed by atoms with van der Waals surface area (Å²) in [5, 5.41) is 0. The number of fused-ring (bicyclic) bond motifs is 3. The second-order valence-corrected chi connectivity index (χ2v) is 8.60. The number of thioether (sulfide) groups is 1. The summed E-state index contributed by atoms with van der Waals surface area (Å²) < 4.78 is 20.4. The predicted octanol–water partition coefficient (Wildman–Crippen LogP) is 5.37. The Morgan fingerprint density at radius 1 is 1.21 bits per heavy atom. The zero-order chi connectivity index (χ0) is 17.4. The molecule has 1 heterocycles. The molecule has 2 aromatic carbocycles. The zero-order valence-corrected chi connectivity index (χ0v) is 15.0. The van der Waals surface area contributed by atoms with Gasteiger partial charge in [0, 0.05) is 10.7 Å². The minimum absolute atomic E-state index is 0.00257. The van der Waals surface area contributed by atoms with E-state index in [2.05, 4.69) is 44.2 Å². The molecule has 1 fully saturated rings. The van der Waals surface area contributed by atoms with Gasteiger partial charge in [-0.1, -0.05) is 56.3 Å². The second kappa shape index (κ2) is 6.45. The Balaban J connectivity index is 1.61. The number of ether oxygens (including phenoxy) is 2. The predicted molar refractivity (Wildman–Crippen MR) is 99.4 cm³/mol. The Morgan fingerprint density at radius 3 is 2.88 bits per heavy atom. The van der Waals surface area contributed by atoms with Gasteiger partial charge in [0.05, 0.1) is 13.4 Å². The third-order valence-electron chi connectivity index (χ3n) is 5.23. The minimum atomic E-state index is -0.518. The molecule has 1 aliphatic heterocycles. The molecular weight excluding hydrogens is 316 g/mol. The van der Waals surface area contributed by atoms with Crippen molar-refractivity contribution in [2.45, 2.75) is 44.1 Å². The van der Waals surface area contributed by atoms with Crippen LogP contribution in [0.25, 0.3) is 0 Å². The van der Waals surface area contributed by atoms with Crippen LogP contribution in [0.4, 0.5) is 0 Å². The quantitative estimate of drug-likeness (QED) is 0.748. The summed E-state index contributed by atoms with van der Waals surface area (Å²) >= 11 is 1.63. The molecule has 0 saturated carbocycles. The molecule has 0 unspecified atom stereocenters. The molecule has 126 valence electrons. The molecule has 0 aromatic heterocycles. The lowest BCUT2D eigenvalue weighted by Crippen LogP contribution is -2.41. The van der Waals surface area contributed by atoms with Gasteiger partial charge >= 0.3 is 0 Å². The highest BCUT2D eigenvalue weighted by Crippen LogP contribution is 2.52. The first kappa shape index (κ1) is 14.9. The summed E-state index contributed by atoms with van der Waals surface area (Å²) in [5.74, 6) is 0.882. The molecule has 3 atom stereocenters.